The van der Waals surface area contributed by atoms with E-state index in [9.17, 15) is 4.79 Å². The number of hydrogen-bond acceptors (Lipinski definition) is 2. The van der Waals surface area contributed by atoms with Crippen LogP contribution in [-0.2, 0) is 4.74 Å². The second-order valence-corrected chi connectivity index (χ2v) is 2.85. The van der Waals surface area contributed by atoms with Crippen LogP contribution in [0, 0.1) is 5.92 Å². The molecular weight excluding hydrogens is 130 g/mol. The molecule has 0 saturated heterocycles. The number of rotatable bonds is 1. The topological polar surface area (TPSA) is 38.3 Å². The number of nitrogens with one attached hydrogen (secondary N) is 1. The van der Waals surface area contributed by atoms with Crippen molar-refractivity contribution in [3.8, 4) is 0 Å². The van der Waals surface area contributed by atoms with Crippen molar-refractivity contribution in [2.75, 3.05) is 7.05 Å². The Morgan fingerprint density at radius 1 is 1.60 bits per heavy atom. The first-order valence-electron chi connectivity index (χ1n) is 3.60. The molecule has 1 aliphatic carbocycles. The van der Waals surface area contributed by atoms with Crippen molar-refractivity contribution < 1.29 is 9.53 Å². The third kappa shape index (κ3) is 1.62. The summed E-state index contributed by atoms with van der Waals surface area (Å²) in [5.41, 5.74) is 0. The lowest BCUT2D eigenvalue weighted by molar-refractivity contribution is 0.0243. The van der Waals surface area contributed by atoms with Gasteiger partial charge in [-0.3, -0.25) is 0 Å². The molecule has 0 aliphatic heterocycles. The maximum Gasteiger partial charge on any atom is 0.407 e. The highest BCUT2D eigenvalue weighted by atomic mass is 16.6. The Morgan fingerprint density at radius 3 is 2.60 bits per heavy atom. The van der Waals surface area contributed by atoms with Crippen molar-refractivity contribution >= 4 is 6.09 Å². The Kier molecular flexibility index (Phi) is 2.14. The van der Waals surface area contributed by atoms with Gasteiger partial charge >= 0.3 is 6.09 Å². The van der Waals surface area contributed by atoms with Crippen LogP contribution in [0.15, 0.2) is 0 Å². The molecule has 3 heteroatoms. The van der Waals surface area contributed by atoms with Gasteiger partial charge in [-0.05, 0) is 18.8 Å². The predicted molar refractivity (Wildman–Crippen MR) is 37.7 cm³/mol. The van der Waals surface area contributed by atoms with Crippen LogP contribution in [0.4, 0.5) is 4.79 Å². The molecule has 3 nitrogen and oxygen atoms in total. The molecule has 1 rings (SSSR count). The number of carbonyl (C=O) groups excluding carboxylic acids is 1. The first-order valence-corrected chi connectivity index (χ1v) is 3.60. The van der Waals surface area contributed by atoms with E-state index in [2.05, 4.69) is 12.2 Å². The SMILES string of the molecule is CNC(=O)OC1CC(C)C1. The number of alkyl carbamates (subject to hydrolysis) is 1. The zero-order chi connectivity index (χ0) is 7.56. The largest absolute Gasteiger partial charge is 0.446 e. The molecule has 0 aromatic rings. The van der Waals surface area contributed by atoms with E-state index in [4.69, 9.17) is 4.74 Å². The highest BCUT2D eigenvalue weighted by molar-refractivity contribution is 5.66. The second-order valence-electron chi connectivity index (χ2n) is 2.85. The van der Waals surface area contributed by atoms with Gasteiger partial charge in [-0.25, -0.2) is 4.79 Å². The van der Waals surface area contributed by atoms with Gasteiger partial charge in [0.2, 0.25) is 0 Å². The van der Waals surface area contributed by atoms with E-state index in [1.54, 1.807) is 7.05 Å². The Bertz CT molecular complexity index is 130. The van der Waals surface area contributed by atoms with Gasteiger partial charge in [0, 0.05) is 7.05 Å². The van der Waals surface area contributed by atoms with E-state index in [1.807, 2.05) is 0 Å². The predicted octanol–water partition coefficient (Wildman–Crippen LogP) is 1.14. The standard InChI is InChI=1S/C7H13NO2/c1-5-3-6(4-5)10-7(9)8-2/h5-6H,3-4H2,1-2H3,(H,8,9). The minimum atomic E-state index is -0.308. The fourth-order valence-corrected chi connectivity index (χ4v) is 1.14. The highest BCUT2D eigenvalue weighted by Gasteiger charge is 2.28. The average molecular weight is 143 g/mol. The van der Waals surface area contributed by atoms with Gasteiger partial charge in [0.15, 0.2) is 0 Å². The summed E-state index contributed by atoms with van der Waals surface area (Å²) in [7, 11) is 1.57. The summed E-state index contributed by atoms with van der Waals surface area (Å²) in [5.74, 6) is 0.731. The van der Waals surface area contributed by atoms with Crippen molar-refractivity contribution in [2.45, 2.75) is 25.9 Å². The molecule has 1 amide bonds. The molecular formula is C7H13NO2. The van der Waals surface area contributed by atoms with Gasteiger partial charge in [0.05, 0.1) is 0 Å². The van der Waals surface area contributed by atoms with Crippen LogP contribution in [0.3, 0.4) is 0 Å². The van der Waals surface area contributed by atoms with Crippen LogP contribution >= 0.6 is 0 Å². The van der Waals surface area contributed by atoms with Crippen LogP contribution in [0.2, 0.25) is 0 Å². The van der Waals surface area contributed by atoms with E-state index >= 15 is 0 Å². The molecule has 1 aliphatic rings. The highest BCUT2D eigenvalue weighted by Crippen LogP contribution is 2.28. The van der Waals surface area contributed by atoms with Crippen molar-refractivity contribution in [1.29, 1.82) is 0 Å². The van der Waals surface area contributed by atoms with E-state index in [0.29, 0.717) is 0 Å². The van der Waals surface area contributed by atoms with E-state index < -0.39 is 0 Å². The number of carbonyl (C=O) groups is 1. The van der Waals surface area contributed by atoms with Crippen LogP contribution in [0.5, 0.6) is 0 Å². The molecule has 0 atom stereocenters. The number of hydrogen-bond donors (Lipinski definition) is 1. The van der Waals surface area contributed by atoms with E-state index in [1.165, 1.54) is 0 Å². The van der Waals surface area contributed by atoms with Crippen molar-refractivity contribution in [1.82, 2.24) is 5.32 Å². The summed E-state index contributed by atoms with van der Waals surface area (Å²) in [6.07, 6.45) is 1.91. The van der Waals surface area contributed by atoms with Gasteiger partial charge in [-0.2, -0.15) is 0 Å². The molecule has 0 radical (unpaired) electrons. The summed E-state index contributed by atoms with van der Waals surface area (Å²) in [6.45, 7) is 2.16. The zero-order valence-electron chi connectivity index (χ0n) is 6.39. The average Bonchev–Trinajstić information content (AvgIpc) is 1.84. The molecule has 1 fully saturated rings. The quantitative estimate of drug-likeness (QED) is 0.597. The van der Waals surface area contributed by atoms with Crippen molar-refractivity contribution in [3.05, 3.63) is 0 Å². The van der Waals surface area contributed by atoms with Crippen LogP contribution < -0.4 is 5.32 Å². The van der Waals surface area contributed by atoms with E-state index in [-0.39, 0.29) is 12.2 Å². The third-order valence-corrected chi connectivity index (χ3v) is 1.81. The van der Waals surface area contributed by atoms with Crippen molar-refractivity contribution in [3.63, 3.8) is 0 Å². The molecule has 0 bridgehead atoms. The second kappa shape index (κ2) is 2.90. The lowest BCUT2D eigenvalue weighted by Crippen LogP contribution is -2.34. The van der Waals surface area contributed by atoms with E-state index in [0.717, 1.165) is 18.8 Å². The summed E-state index contributed by atoms with van der Waals surface area (Å²) in [5, 5.41) is 2.42. The Labute approximate surface area is 60.7 Å². The molecule has 0 aromatic carbocycles. The van der Waals surface area contributed by atoms with Crippen LogP contribution in [0.25, 0.3) is 0 Å². The molecule has 0 heterocycles. The monoisotopic (exact) mass is 143 g/mol. The number of ether oxygens (including phenoxy) is 1. The molecule has 58 valence electrons. The summed E-state index contributed by atoms with van der Waals surface area (Å²) < 4.78 is 4.96. The Morgan fingerprint density at radius 2 is 2.20 bits per heavy atom. The van der Waals surface area contributed by atoms with Crippen LogP contribution in [0.1, 0.15) is 19.8 Å². The summed E-state index contributed by atoms with van der Waals surface area (Å²) in [4.78, 5) is 10.6. The van der Waals surface area contributed by atoms with Crippen LogP contribution in [-0.4, -0.2) is 19.2 Å². The van der Waals surface area contributed by atoms with Gasteiger partial charge in [-0.1, -0.05) is 6.92 Å². The van der Waals surface area contributed by atoms with Crippen molar-refractivity contribution in [2.24, 2.45) is 5.92 Å². The van der Waals surface area contributed by atoms with Gasteiger partial charge in [0.1, 0.15) is 6.10 Å². The van der Waals surface area contributed by atoms with Gasteiger partial charge in [-0.15, -0.1) is 0 Å². The number of amides is 1. The summed E-state index contributed by atoms with van der Waals surface area (Å²) in [6, 6.07) is 0. The fourth-order valence-electron chi connectivity index (χ4n) is 1.14. The van der Waals surface area contributed by atoms with Gasteiger partial charge in [0.25, 0.3) is 0 Å². The lowest BCUT2D eigenvalue weighted by Gasteiger charge is -2.31. The zero-order valence-corrected chi connectivity index (χ0v) is 6.39. The Hall–Kier alpha value is -0.730. The maximum absolute atomic E-state index is 10.6. The normalized spacial score (nSPS) is 30.6. The molecule has 1 saturated carbocycles. The maximum atomic E-state index is 10.6. The molecule has 1 N–H and O–H groups in total. The first-order chi connectivity index (χ1) is 4.72. The minimum Gasteiger partial charge on any atom is -0.446 e. The molecule has 0 unspecified atom stereocenters. The Balaban J connectivity index is 2.10. The first kappa shape index (κ1) is 7.38. The molecule has 0 spiro atoms. The molecule has 0 aromatic heterocycles. The minimum absolute atomic E-state index is 0.176. The smallest absolute Gasteiger partial charge is 0.407 e. The third-order valence-electron chi connectivity index (χ3n) is 1.81. The fraction of sp³-hybridized carbons (Fsp3) is 0.857. The lowest BCUT2D eigenvalue weighted by atomic mass is 9.84. The summed E-state index contributed by atoms with van der Waals surface area (Å²) >= 11 is 0. The van der Waals surface area contributed by atoms with Gasteiger partial charge < -0.3 is 10.1 Å². The molecule has 10 heavy (non-hydrogen) atoms.